The summed E-state index contributed by atoms with van der Waals surface area (Å²) in [4.78, 5) is 23.5. The lowest BCUT2D eigenvalue weighted by atomic mass is 10.0. The molecule has 11 heteroatoms. The maximum Gasteiger partial charge on any atom is 0.326 e. The Morgan fingerprint density at radius 1 is 1.15 bits per heavy atom. The van der Waals surface area contributed by atoms with E-state index >= 15 is 0 Å². The number of benzene rings is 2. The van der Waals surface area contributed by atoms with Crippen LogP contribution in [0.5, 0.6) is 0 Å². The average Bonchev–Trinajstić information content (AvgIpc) is 2.74. The summed E-state index contributed by atoms with van der Waals surface area (Å²) < 4.78 is 43.5. The van der Waals surface area contributed by atoms with Crippen molar-refractivity contribution < 1.29 is 27.5 Å². The van der Waals surface area contributed by atoms with Gasteiger partial charge in [0.25, 0.3) is 10.0 Å². The number of aliphatic carboxylic acids is 1. The molecule has 2 N–H and O–H groups in total. The quantitative estimate of drug-likeness (QED) is 0.340. The third kappa shape index (κ3) is 7.29. The molecule has 0 radical (unpaired) electrons. The summed E-state index contributed by atoms with van der Waals surface area (Å²) in [6, 6.07) is 8.10. The molecule has 2 rings (SSSR count). The molecule has 7 nitrogen and oxygen atoms in total. The number of hydrogen-bond donors (Lipinski definition) is 2. The lowest BCUT2D eigenvalue weighted by Crippen LogP contribution is -2.44. The molecule has 0 saturated carbocycles. The fourth-order valence-electron chi connectivity index (χ4n) is 3.41. The topological polar surface area (TPSA) is 104 Å². The molecule has 0 bridgehead atoms. The highest BCUT2D eigenvalue weighted by atomic mass is 127. The predicted octanol–water partition coefficient (Wildman–Crippen LogP) is 5.06. The number of halogens is 3. The summed E-state index contributed by atoms with van der Waals surface area (Å²) >= 11 is 7.87. The van der Waals surface area contributed by atoms with Gasteiger partial charge in [0.15, 0.2) is 0 Å². The molecule has 186 valence electrons. The van der Waals surface area contributed by atoms with Gasteiger partial charge in [0, 0.05) is 21.1 Å². The van der Waals surface area contributed by atoms with Gasteiger partial charge in [-0.15, -0.1) is 0 Å². The maximum atomic E-state index is 14.8. The zero-order valence-electron chi connectivity index (χ0n) is 19.0. The first-order valence-corrected chi connectivity index (χ1v) is 13.5. The summed E-state index contributed by atoms with van der Waals surface area (Å²) in [5.41, 5.74) is -0.0930. The van der Waals surface area contributed by atoms with Gasteiger partial charge >= 0.3 is 5.97 Å². The second-order valence-electron chi connectivity index (χ2n) is 8.22. The molecule has 1 amide bonds. The van der Waals surface area contributed by atoms with Crippen LogP contribution in [0.15, 0.2) is 47.4 Å². The lowest BCUT2D eigenvalue weighted by Gasteiger charge is -2.31. The number of carboxylic acids is 1. The fraction of sp³-hybridized carbons (Fsp3) is 0.391. The number of sulfonamides is 1. The SMILES string of the molecule is CC(C)C(NC(=O)CCCC(C)N(c1cc(I)ccc1F)S(=O)(=O)c1ccc(Cl)cc1)C(=O)O. The second-order valence-corrected chi connectivity index (χ2v) is 11.7. The van der Waals surface area contributed by atoms with Crippen molar-refractivity contribution in [2.24, 2.45) is 5.92 Å². The Bertz CT molecular complexity index is 1130. The normalized spacial score (nSPS) is 13.4. The summed E-state index contributed by atoms with van der Waals surface area (Å²) in [6.45, 7) is 5.02. The Balaban J connectivity index is 2.26. The number of carboxylic acid groups (broad SMARTS) is 1. The maximum absolute atomic E-state index is 14.8. The first-order valence-electron chi connectivity index (χ1n) is 10.6. The van der Waals surface area contributed by atoms with E-state index < -0.39 is 39.8 Å². The fourth-order valence-corrected chi connectivity index (χ4v) is 5.70. The van der Waals surface area contributed by atoms with Gasteiger partial charge in [-0.25, -0.2) is 17.6 Å². The number of rotatable bonds is 11. The van der Waals surface area contributed by atoms with E-state index in [1.807, 2.05) is 22.6 Å². The summed E-state index contributed by atoms with van der Waals surface area (Å²) in [7, 11) is -4.15. The minimum atomic E-state index is -4.15. The van der Waals surface area contributed by atoms with E-state index in [0.29, 0.717) is 8.59 Å². The number of carbonyl (C=O) groups excluding carboxylic acids is 1. The molecule has 34 heavy (non-hydrogen) atoms. The third-order valence-electron chi connectivity index (χ3n) is 5.19. The van der Waals surface area contributed by atoms with E-state index in [4.69, 9.17) is 11.6 Å². The largest absolute Gasteiger partial charge is 0.480 e. The zero-order valence-corrected chi connectivity index (χ0v) is 22.7. The predicted molar refractivity (Wildman–Crippen MR) is 138 cm³/mol. The Morgan fingerprint density at radius 3 is 2.32 bits per heavy atom. The van der Waals surface area contributed by atoms with E-state index in [1.165, 1.54) is 42.5 Å². The van der Waals surface area contributed by atoms with Crippen LogP contribution >= 0.6 is 34.2 Å². The van der Waals surface area contributed by atoms with Crippen molar-refractivity contribution >= 4 is 61.8 Å². The third-order valence-corrected chi connectivity index (χ3v) is 8.06. The molecule has 0 spiro atoms. The van der Waals surface area contributed by atoms with E-state index in [9.17, 15) is 27.5 Å². The Hall–Kier alpha value is -1.92. The lowest BCUT2D eigenvalue weighted by molar-refractivity contribution is -0.143. The number of amides is 1. The highest BCUT2D eigenvalue weighted by Crippen LogP contribution is 2.32. The molecule has 2 atom stereocenters. The van der Waals surface area contributed by atoms with Crippen LogP contribution in [0.3, 0.4) is 0 Å². The van der Waals surface area contributed by atoms with Crippen molar-refractivity contribution in [3.63, 3.8) is 0 Å². The van der Waals surface area contributed by atoms with Crippen LogP contribution in [0.2, 0.25) is 5.02 Å². The van der Waals surface area contributed by atoms with Crippen molar-refractivity contribution in [1.29, 1.82) is 0 Å². The Morgan fingerprint density at radius 2 is 1.76 bits per heavy atom. The van der Waals surface area contributed by atoms with Gasteiger partial charge in [0.1, 0.15) is 11.9 Å². The molecule has 2 aromatic rings. The van der Waals surface area contributed by atoms with E-state index in [2.05, 4.69) is 5.32 Å². The van der Waals surface area contributed by atoms with Gasteiger partial charge in [-0.3, -0.25) is 9.10 Å². The number of nitrogens with one attached hydrogen (secondary N) is 1. The van der Waals surface area contributed by atoms with Gasteiger partial charge in [0.05, 0.1) is 10.6 Å². The van der Waals surface area contributed by atoms with Crippen molar-refractivity contribution in [2.45, 2.75) is 57.0 Å². The van der Waals surface area contributed by atoms with Crippen molar-refractivity contribution in [3.05, 3.63) is 56.9 Å². The molecular weight excluding hydrogens is 598 g/mol. The van der Waals surface area contributed by atoms with Crippen molar-refractivity contribution in [2.75, 3.05) is 4.31 Å². The highest BCUT2D eigenvalue weighted by molar-refractivity contribution is 14.1. The molecule has 0 saturated heterocycles. The summed E-state index contributed by atoms with van der Waals surface area (Å²) in [6.07, 6.45) is 0.519. The molecule has 0 aliphatic carbocycles. The van der Waals surface area contributed by atoms with Crippen LogP contribution in [0, 0.1) is 15.3 Å². The molecule has 0 fully saturated rings. The smallest absolute Gasteiger partial charge is 0.326 e. The molecule has 2 aromatic carbocycles. The highest BCUT2D eigenvalue weighted by Gasteiger charge is 2.32. The van der Waals surface area contributed by atoms with Gasteiger partial charge in [-0.1, -0.05) is 25.4 Å². The number of anilines is 1. The minimum Gasteiger partial charge on any atom is -0.480 e. The Kier molecular flexibility index (Phi) is 10.1. The van der Waals surface area contributed by atoms with Crippen molar-refractivity contribution in [1.82, 2.24) is 5.32 Å². The van der Waals surface area contributed by atoms with Crippen LogP contribution in [0.1, 0.15) is 40.0 Å². The standard InChI is InChI=1S/C23H27ClFIN2O5S/c1-14(2)22(23(30)31)27-21(29)6-4-5-15(3)28(20-13-17(26)9-12-19(20)25)34(32,33)18-10-7-16(24)8-11-18/h7-15,22H,4-6H2,1-3H3,(H,27,29)(H,30,31). The van der Waals surface area contributed by atoms with Crippen LogP contribution in [-0.4, -0.2) is 37.5 Å². The molecule has 0 heterocycles. The molecule has 0 aliphatic heterocycles. The molecule has 0 aliphatic rings. The number of carbonyl (C=O) groups is 2. The van der Waals surface area contributed by atoms with Crippen molar-refractivity contribution in [3.8, 4) is 0 Å². The first kappa shape index (κ1) is 28.3. The second kappa shape index (κ2) is 12.2. The van der Waals surface area contributed by atoms with Gasteiger partial charge in [-0.2, -0.15) is 0 Å². The van der Waals surface area contributed by atoms with Gasteiger partial charge in [0.2, 0.25) is 5.91 Å². The van der Waals surface area contributed by atoms with Crippen LogP contribution < -0.4 is 9.62 Å². The summed E-state index contributed by atoms with van der Waals surface area (Å²) in [5.74, 6) is -2.54. The number of nitrogens with zero attached hydrogens (tertiary/aromatic N) is 1. The van der Waals surface area contributed by atoms with E-state index in [1.54, 1.807) is 20.8 Å². The first-order chi connectivity index (χ1) is 15.8. The van der Waals surface area contributed by atoms with Gasteiger partial charge in [-0.05, 0) is 90.7 Å². The van der Waals surface area contributed by atoms with E-state index in [0.717, 1.165) is 4.31 Å². The molecule has 2 unspecified atom stereocenters. The monoisotopic (exact) mass is 624 g/mol. The Labute approximate surface area is 217 Å². The van der Waals surface area contributed by atoms with Gasteiger partial charge < -0.3 is 10.4 Å². The van der Waals surface area contributed by atoms with E-state index in [-0.39, 0.29) is 35.8 Å². The van der Waals surface area contributed by atoms with Crippen LogP contribution in [-0.2, 0) is 19.6 Å². The number of hydrogen-bond acceptors (Lipinski definition) is 4. The van der Waals surface area contributed by atoms with Crippen LogP contribution in [0.25, 0.3) is 0 Å². The summed E-state index contributed by atoms with van der Waals surface area (Å²) in [5, 5.41) is 12.1. The molecule has 0 aromatic heterocycles. The minimum absolute atomic E-state index is 0.00444. The average molecular weight is 625 g/mol. The van der Waals surface area contributed by atoms with Crippen LogP contribution in [0.4, 0.5) is 10.1 Å². The zero-order chi connectivity index (χ0) is 25.6. The molecular formula is C23H27ClFIN2O5S.